The zero-order chi connectivity index (χ0) is 15.8. The van der Waals surface area contributed by atoms with Crippen molar-refractivity contribution >= 4 is 19.8 Å². The molecule has 0 aromatic heterocycles. The van der Waals surface area contributed by atoms with Gasteiger partial charge in [-0.3, -0.25) is 13.8 Å². The number of carbonyl (C=O) groups is 2. The molecule has 20 heavy (non-hydrogen) atoms. The van der Waals surface area contributed by atoms with Crippen LogP contribution in [0.25, 0.3) is 0 Å². The van der Waals surface area contributed by atoms with Gasteiger partial charge in [0.1, 0.15) is 6.61 Å². The van der Waals surface area contributed by atoms with E-state index in [1.165, 1.54) is 6.92 Å². The van der Waals surface area contributed by atoms with Gasteiger partial charge in [-0.05, 0) is 6.92 Å². The summed E-state index contributed by atoms with van der Waals surface area (Å²) in [5, 5.41) is 0. The van der Waals surface area contributed by atoms with Gasteiger partial charge >= 0.3 is 19.8 Å². The van der Waals surface area contributed by atoms with Crippen LogP contribution >= 0.6 is 7.82 Å². The lowest BCUT2D eigenvalue weighted by atomic mass is 10.3. The highest BCUT2D eigenvalue weighted by Crippen LogP contribution is 2.42. The molecule has 0 saturated carbocycles. The Morgan fingerprint density at radius 2 is 1.95 bits per heavy atom. The maximum Gasteiger partial charge on any atom is 0.472 e. The van der Waals surface area contributed by atoms with Gasteiger partial charge in [-0.15, -0.1) is 0 Å². The first-order valence-corrected chi connectivity index (χ1v) is 7.26. The summed E-state index contributed by atoms with van der Waals surface area (Å²) in [5.41, 5.74) is 0.135. The zero-order valence-electron chi connectivity index (χ0n) is 11.7. The van der Waals surface area contributed by atoms with Crippen molar-refractivity contribution in [3.63, 3.8) is 0 Å². The van der Waals surface area contributed by atoms with E-state index < -0.39 is 32.5 Å². The van der Waals surface area contributed by atoms with E-state index >= 15 is 0 Å². The molecule has 9 heteroatoms. The van der Waals surface area contributed by atoms with Crippen LogP contribution in [0, 0.1) is 0 Å². The molecule has 116 valence electrons. The van der Waals surface area contributed by atoms with Gasteiger partial charge in [-0.1, -0.05) is 13.5 Å². The van der Waals surface area contributed by atoms with E-state index in [1.807, 2.05) is 0 Å². The molecule has 0 rings (SSSR count). The monoisotopic (exact) mass is 310 g/mol. The maximum atomic E-state index is 11.4. The molecule has 0 aliphatic rings. The average Bonchev–Trinajstić information content (AvgIpc) is 2.40. The van der Waals surface area contributed by atoms with Crippen molar-refractivity contribution in [2.75, 3.05) is 20.3 Å². The van der Waals surface area contributed by atoms with Crippen molar-refractivity contribution in [2.24, 2.45) is 0 Å². The Hall–Kier alpha value is -1.21. The lowest BCUT2D eigenvalue weighted by Crippen LogP contribution is -2.29. The summed E-state index contributed by atoms with van der Waals surface area (Å²) < 4.78 is 29.6. The summed E-state index contributed by atoms with van der Waals surface area (Å²) in [7, 11) is -3.21. The van der Waals surface area contributed by atoms with Gasteiger partial charge in [-0.2, -0.15) is 0 Å². The minimum atomic E-state index is -4.20. The predicted octanol–water partition coefficient (Wildman–Crippen LogP) is 1.19. The number of phosphoric acid groups is 1. The molecule has 8 nitrogen and oxygen atoms in total. The van der Waals surface area contributed by atoms with Gasteiger partial charge in [0.2, 0.25) is 0 Å². The number of hydrogen-bond donors (Lipinski definition) is 1. The van der Waals surface area contributed by atoms with E-state index in [0.717, 1.165) is 7.11 Å². The van der Waals surface area contributed by atoms with E-state index in [2.05, 4.69) is 15.6 Å². The molecule has 0 aromatic rings. The van der Waals surface area contributed by atoms with Gasteiger partial charge in [0.05, 0.1) is 6.61 Å². The highest BCUT2D eigenvalue weighted by atomic mass is 31.2. The standard InChI is InChI=1S/C11H19O8P/c1-5-10(12)17-6-9(19-11(13)8(2)3)7-18-20(14,15)16-4/h9H,2,5-7H2,1,3-4H3,(H,14,15). The predicted molar refractivity (Wildman–Crippen MR) is 68.7 cm³/mol. The van der Waals surface area contributed by atoms with Crippen LogP contribution in [0.15, 0.2) is 12.2 Å². The van der Waals surface area contributed by atoms with Gasteiger partial charge in [0.25, 0.3) is 0 Å². The second kappa shape index (κ2) is 8.86. The quantitative estimate of drug-likeness (QED) is 0.384. The molecule has 2 unspecified atom stereocenters. The van der Waals surface area contributed by atoms with Crippen molar-refractivity contribution in [1.82, 2.24) is 0 Å². The summed E-state index contributed by atoms with van der Waals surface area (Å²) in [6.45, 7) is 5.67. The Bertz CT molecular complexity index is 405. The van der Waals surface area contributed by atoms with Gasteiger partial charge in [0, 0.05) is 19.1 Å². The van der Waals surface area contributed by atoms with E-state index in [-0.39, 0.29) is 18.6 Å². The minimum absolute atomic E-state index is 0.135. The maximum absolute atomic E-state index is 11.4. The van der Waals surface area contributed by atoms with Crippen LogP contribution in [0.4, 0.5) is 0 Å². The van der Waals surface area contributed by atoms with Crippen molar-refractivity contribution in [1.29, 1.82) is 0 Å². The fourth-order valence-corrected chi connectivity index (χ4v) is 1.35. The van der Waals surface area contributed by atoms with Crippen LogP contribution in [0.1, 0.15) is 20.3 Å². The van der Waals surface area contributed by atoms with E-state index in [4.69, 9.17) is 14.4 Å². The van der Waals surface area contributed by atoms with Crippen LogP contribution in [-0.4, -0.2) is 43.3 Å². The first kappa shape index (κ1) is 18.8. The molecule has 0 radical (unpaired) electrons. The Balaban J connectivity index is 4.53. The molecule has 0 aromatic carbocycles. The molecule has 0 spiro atoms. The van der Waals surface area contributed by atoms with Gasteiger partial charge < -0.3 is 14.4 Å². The van der Waals surface area contributed by atoms with Crippen LogP contribution in [-0.2, 0) is 32.7 Å². The largest absolute Gasteiger partial charge is 0.472 e. The highest BCUT2D eigenvalue weighted by molar-refractivity contribution is 7.47. The fraction of sp³-hybridized carbons (Fsp3) is 0.636. The Morgan fingerprint density at radius 3 is 2.40 bits per heavy atom. The second-order valence-corrected chi connectivity index (χ2v) is 5.35. The fourth-order valence-electron chi connectivity index (χ4n) is 0.886. The van der Waals surface area contributed by atoms with E-state index in [0.29, 0.717) is 0 Å². The first-order chi connectivity index (χ1) is 9.21. The smallest absolute Gasteiger partial charge is 0.462 e. The lowest BCUT2D eigenvalue weighted by Gasteiger charge is -2.19. The number of esters is 2. The molecule has 0 aliphatic carbocycles. The molecule has 0 saturated heterocycles. The third-order valence-corrected chi connectivity index (χ3v) is 2.93. The van der Waals surface area contributed by atoms with Crippen molar-refractivity contribution in [2.45, 2.75) is 26.4 Å². The van der Waals surface area contributed by atoms with Crippen LogP contribution in [0.3, 0.4) is 0 Å². The number of carbonyl (C=O) groups excluding carboxylic acids is 2. The Kier molecular flexibility index (Phi) is 8.33. The minimum Gasteiger partial charge on any atom is -0.462 e. The normalized spacial score (nSPS) is 15.0. The van der Waals surface area contributed by atoms with E-state index in [1.54, 1.807) is 6.92 Å². The van der Waals surface area contributed by atoms with Crippen molar-refractivity contribution in [3.8, 4) is 0 Å². The van der Waals surface area contributed by atoms with Gasteiger partial charge in [0.15, 0.2) is 6.10 Å². The molecule has 2 atom stereocenters. The number of ether oxygens (including phenoxy) is 2. The van der Waals surface area contributed by atoms with Crippen LogP contribution in [0.2, 0.25) is 0 Å². The van der Waals surface area contributed by atoms with E-state index in [9.17, 15) is 14.2 Å². The highest BCUT2D eigenvalue weighted by Gasteiger charge is 2.24. The summed E-state index contributed by atoms with van der Waals surface area (Å²) >= 11 is 0. The number of hydrogen-bond acceptors (Lipinski definition) is 7. The SMILES string of the molecule is C=C(C)C(=O)OC(COC(=O)CC)COP(=O)(O)OC. The topological polar surface area (TPSA) is 108 Å². The molecule has 1 N–H and O–H groups in total. The van der Waals surface area contributed by atoms with Crippen LogP contribution < -0.4 is 0 Å². The Morgan fingerprint density at radius 1 is 1.35 bits per heavy atom. The Labute approximate surface area is 117 Å². The average molecular weight is 310 g/mol. The summed E-state index contributed by atoms with van der Waals surface area (Å²) in [6.07, 6.45) is -0.885. The zero-order valence-corrected chi connectivity index (χ0v) is 12.6. The summed E-state index contributed by atoms with van der Waals surface area (Å²) in [4.78, 5) is 31.5. The molecular formula is C11H19O8P. The number of rotatable bonds is 9. The molecule has 0 bridgehead atoms. The summed E-state index contributed by atoms with van der Waals surface area (Å²) in [5.74, 6) is -1.23. The van der Waals surface area contributed by atoms with Crippen LogP contribution in [0.5, 0.6) is 0 Å². The van der Waals surface area contributed by atoms with Crippen molar-refractivity contribution < 1.29 is 37.6 Å². The number of phosphoric ester groups is 1. The van der Waals surface area contributed by atoms with Gasteiger partial charge in [-0.25, -0.2) is 9.36 Å². The third-order valence-electron chi connectivity index (χ3n) is 2.00. The summed E-state index contributed by atoms with van der Waals surface area (Å²) in [6, 6.07) is 0. The molecule has 0 heterocycles. The molecular weight excluding hydrogens is 291 g/mol. The second-order valence-electron chi connectivity index (χ2n) is 3.79. The first-order valence-electron chi connectivity index (χ1n) is 5.77. The molecule has 0 fully saturated rings. The lowest BCUT2D eigenvalue weighted by molar-refractivity contribution is -0.158. The van der Waals surface area contributed by atoms with Crippen molar-refractivity contribution in [3.05, 3.63) is 12.2 Å². The third kappa shape index (κ3) is 8.06. The molecule has 0 aliphatic heterocycles. The molecule has 0 amide bonds.